The van der Waals surface area contributed by atoms with Gasteiger partial charge in [0.2, 0.25) is 5.91 Å². The van der Waals surface area contributed by atoms with Crippen LogP contribution >= 0.6 is 0 Å². The van der Waals surface area contributed by atoms with Crippen molar-refractivity contribution >= 4 is 11.6 Å². The molecule has 1 amide bonds. The third-order valence-electron chi connectivity index (χ3n) is 3.97. The molecule has 1 atom stereocenters. The lowest BCUT2D eigenvalue weighted by Crippen LogP contribution is -2.33. The second-order valence-electron chi connectivity index (χ2n) is 5.92. The maximum atomic E-state index is 12.9. The van der Waals surface area contributed by atoms with Crippen LogP contribution in [0.3, 0.4) is 0 Å². The normalized spacial score (nSPS) is 11.8. The predicted octanol–water partition coefficient (Wildman–Crippen LogP) is 4.54. The zero-order valence-corrected chi connectivity index (χ0v) is 15.1. The lowest BCUT2D eigenvalue weighted by atomic mass is 10.1. The van der Waals surface area contributed by atoms with Gasteiger partial charge in [0, 0.05) is 0 Å². The maximum Gasteiger partial charge on any atom is 0.246 e. The quantitative estimate of drug-likeness (QED) is 0.624. The Balaban J connectivity index is 2.12. The second kappa shape index (κ2) is 10.5. The van der Waals surface area contributed by atoms with Gasteiger partial charge in [0.15, 0.2) is 0 Å². The monoisotopic (exact) mass is 340 g/mol. The molecule has 0 fully saturated rings. The van der Waals surface area contributed by atoms with E-state index in [1.54, 1.807) is 0 Å². The molecule has 0 heterocycles. The number of anilines is 1. The van der Waals surface area contributed by atoms with Gasteiger partial charge in [0.05, 0.1) is 12.3 Å². The van der Waals surface area contributed by atoms with Crippen molar-refractivity contribution in [3.05, 3.63) is 60.2 Å². The Hall–Kier alpha value is -2.33. The number of unbranched alkanes of at least 4 members (excludes halogenated alkanes) is 2. The van der Waals surface area contributed by atoms with Gasteiger partial charge in [-0.25, -0.2) is 0 Å². The van der Waals surface area contributed by atoms with Crippen LogP contribution in [0.2, 0.25) is 0 Å². The van der Waals surface area contributed by atoms with Gasteiger partial charge >= 0.3 is 0 Å². The standard InChI is InChI=1S/C21H28N2O2/c1-3-5-11-16-22-20(17-12-7-6-8-13-17)21(24)23-18-14-9-10-15-19(18)25-4-2/h6-10,12-15,20,22H,3-5,11,16H2,1-2H3,(H,23,24). The average molecular weight is 340 g/mol. The van der Waals surface area contributed by atoms with E-state index in [1.165, 1.54) is 0 Å². The van der Waals surface area contributed by atoms with Crippen LogP contribution in [-0.4, -0.2) is 19.1 Å². The maximum absolute atomic E-state index is 12.9. The van der Waals surface area contributed by atoms with Gasteiger partial charge in [0.25, 0.3) is 0 Å². The molecule has 0 saturated heterocycles. The largest absolute Gasteiger partial charge is 0.492 e. The summed E-state index contributed by atoms with van der Waals surface area (Å²) in [4.78, 5) is 12.9. The third kappa shape index (κ3) is 5.91. The van der Waals surface area contributed by atoms with Gasteiger partial charge in [0.1, 0.15) is 11.8 Å². The van der Waals surface area contributed by atoms with Gasteiger partial charge < -0.3 is 15.4 Å². The Kier molecular flexibility index (Phi) is 7.99. The van der Waals surface area contributed by atoms with E-state index in [4.69, 9.17) is 4.74 Å². The number of rotatable bonds is 10. The molecule has 2 rings (SSSR count). The molecule has 0 aliphatic rings. The lowest BCUT2D eigenvalue weighted by Gasteiger charge is -2.20. The van der Waals surface area contributed by atoms with Crippen molar-refractivity contribution in [2.45, 2.75) is 39.2 Å². The van der Waals surface area contributed by atoms with Gasteiger partial charge in [-0.05, 0) is 37.6 Å². The van der Waals surface area contributed by atoms with Crippen molar-refractivity contribution in [3.63, 3.8) is 0 Å². The highest BCUT2D eigenvalue weighted by Gasteiger charge is 2.20. The zero-order valence-electron chi connectivity index (χ0n) is 15.1. The number of benzene rings is 2. The molecule has 0 aliphatic heterocycles. The van der Waals surface area contributed by atoms with Crippen LogP contribution < -0.4 is 15.4 Å². The molecular formula is C21H28N2O2. The predicted molar refractivity (Wildman–Crippen MR) is 103 cm³/mol. The van der Waals surface area contributed by atoms with Crippen molar-refractivity contribution in [2.24, 2.45) is 0 Å². The number of amides is 1. The van der Waals surface area contributed by atoms with Crippen LogP contribution in [0.5, 0.6) is 5.75 Å². The first-order valence-corrected chi connectivity index (χ1v) is 9.07. The number of nitrogens with one attached hydrogen (secondary N) is 2. The third-order valence-corrected chi connectivity index (χ3v) is 3.97. The first-order valence-electron chi connectivity index (χ1n) is 9.07. The molecule has 0 saturated carbocycles. The van der Waals surface area contributed by atoms with Crippen molar-refractivity contribution in [3.8, 4) is 5.75 Å². The average Bonchev–Trinajstić information content (AvgIpc) is 2.64. The Morgan fingerprint density at radius 2 is 1.72 bits per heavy atom. The Bertz CT molecular complexity index is 643. The summed E-state index contributed by atoms with van der Waals surface area (Å²) in [5.74, 6) is 0.617. The molecule has 4 heteroatoms. The van der Waals surface area contributed by atoms with Crippen molar-refractivity contribution < 1.29 is 9.53 Å². The molecule has 0 spiro atoms. The van der Waals surface area contributed by atoms with E-state index in [-0.39, 0.29) is 11.9 Å². The summed E-state index contributed by atoms with van der Waals surface area (Å²) in [6.45, 7) is 5.48. The summed E-state index contributed by atoms with van der Waals surface area (Å²) >= 11 is 0. The van der Waals surface area contributed by atoms with Crippen molar-refractivity contribution in [1.29, 1.82) is 0 Å². The number of hydrogen-bond acceptors (Lipinski definition) is 3. The highest BCUT2D eigenvalue weighted by molar-refractivity contribution is 5.96. The fourth-order valence-electron chi connectivity index (χ4n) is 2.68. The summed E-state index contributed by atoms with van der Waals surface area (Å²) in [5.41, 5.74) is 1.66. The van der Waals surface area contributed by atoms with E-state index < -0.39 is 0 Å². The fraction of sp³-hybridized carbons (Fsp3) is 0.381. The second-order valence-corrected chi connectivity index (χ2v) is 5.92. The zero-order chi connectivity index (χ0) is 17.9. The summed E-state index contributed by atoms with van der Waals surface area (Å²) in [6.07, 6.45) is 3.37. The van der Waals surface area contributed by atoms with Crippen molar-refractivity contribution in [2.75, 3.05) is 18.5 Å². The van der Waals surface area contributed by atoms with Crippen LogP contribution in [0.15, 0.2) is 54.6 Å². The minimum absolute atomic E-state index is 0.0742. The molecule has 4 nitrogen and oxygen atoms in total. The van der Waals surface area contributed by atoms with Crippen LogP contribution in [0.25, 0.3) is 0 Å². The van der Waals surface area contributed by atoms with E-state index in [2.05, 4.69) is 17.6 Å². The highest BCUT2D eigenvalue weighted by Crippen LogP contribution is 2.25. The molecule has 2 N–H and O–H groups in total. The minimum atomic E-state index is -0.382. The highest BCUT2D eigenvalue weighted by atomic mass is 16.5. The van der Waals surface area contributed by atoms with Crippen LogP contribution in [0.1, 0.15) is 44.7 Å². The number of hydrogen-bond donors (Lipinski definition) is 2. The topological polar surface area (TPSA) is 50.4 Å². The molecule has 2 aromatic carbocycles. The molecule has 0 radical (unpaired) electrons. The number of ether oxygens (including phenoxy) is 1. The number of para-hydroxylation sites is 2. The molecule has 0 bridgehead atoms. The summed E-state index contributed by atoms with van der Waals surface area (Å²) < 4.78 is 5.60. The van der Waals surface area contributed by atoms with Crippen molar-refractivity contribution in [1.82, 2.24) is 5.32 Å². The number of carbonyl (C=O) groups is 1. The van der Waals surface area contributed by atoms with Gasteiger partial charge in [-0.2, -0.15) is 0 Å². The van der Waals surface area contributed by atoms with Gasteiger partial charge in [-0.3, -0.25) is 4.79 Å². The van der Waals surface area contributed by atoms with Crippen LogP contribution in [-0.2, 0) is 4.79 Å². The molecule has 25 heavy (non-hydrogen) atoms. The summed E-state index contributed by atoms with van der Waals surface area (Å²) in [5, 5.41) is 6.40. The summed E-state index contributed by atoms with van der Waals surface area (Å²) in [7, 11) is 0. The van der Waals surface area contributed by atoms with E-state index in [1.807, 2.05) is 61.5 Å². The molecule has 0 aliphatic carbocycles. The van der Waals surface area contributed by atoms with Gasteiger partial charge in [-0.1, -0.05) is 62.2 Å². The molecule has 2 aromatic rings. The first kappa shape index (κ1) is 19.0. The fourth-order valence-corrected chi connectivity index (χ4v) is 2.68. The Morgan fingerprint density at radius 3 is 2.44 bits per heavy atom. The van der Waals surface area contributed by atoms with E-state index in [9.17, 15) is 4.79 Å². The van der Waals surface area contributed by atoms with Crippen LogP contribution in [0, 0.1) is 0 Å². The summed E-state index contributed by atoms with van der Waals surface area (Å²) in [6, 6.07) is 17.0. The molecule has 0 aromatic heterocycles. The molecule has 134 valence electrons. The Morgan fingerprint density at radius 1 is 1.00 bits per heavy atom. The van der Waals surface area contributed by atoms with Crippen LogP contribution in [0.4, 0.5) is 5.69 Å². The SMILES string of the molecule is CCCCCNC(C(=O)Nc1ccccc1OCC)c1ccccc1. The number of carbonyl (C=O) groups excluding carboxylic acids is 1. The van der Waals surface area contributed by atoms with E-state index in [0.29, 0.717) is 18.0 Å². The molecular weight excluding hydrogens is 312 g/mol. The first-order chi connectivity index (χ1) is 12.3. The smallest absolute Gasteiger partial charge is 0.246 e. The molecule has 1 unspecified atom stereocenters. The minimum Gasteiger partial charge on any atom is -0.492 e. The van der Waals surface area contributed by atoms with E-state index >= 15 is 0 Å². The van der Waals surface area contributed by atoms with Gasteiger partial charge in [-0.15, -0.1) is 0 Å². The lowest BCUT2D eigenvalue weighted by molar-refractivity contribution is -0.118. The van der Waals surface area contributed by atoms with E-state index in [0.717, 1.165) is 31.4 Å². The Labute approximate surface area is 150 Å².